The summed E-state index contributed by atoms with van der Waals surface area (Å²) in [7, 11) is 4.46. The number of esters is 1. The summed E-state index contributed by atoms with van der Waals surface area (Å²) in [6.07, 6.45) is 0.217. The molecule has 2 aromatic rings. The smallest absolute Gasteiger partial charge is 0.344 e. The standard InChI is InChI=1S/C16H15N2O4S/c1-17-10-6-4-5-7-11(10)23-12(17)8-9-13(16(21)22-3)15(20)18(2)14(9)19/h4-7H,8H2,1-3H3/q+1. The van der Waals surface area contributed by atoms with E-state index in [2.05, 4.69) is 4.74 Å². The molecule has 0 N–H and O–H groups in total. The molecule has 0 spiro atoms. The molecule has 7 heteroatoms. The van der Waals surface area contributed by atoms with Crippen molar-refractivity contribution in [3.05, 3.63) is 40.4 Å². The molecule has 1 aliphatic heterocycles. The van der Waals surface area contributed by atoms with Crippen LogP contribution in [0.25, 0.3) is 10.2 Å². The molecule has 0 bridgehead atoms. The van der Waals surface area contributed by atoms with Gasteiger partial charge in [-0.05, 0) is 6.07 Å². The Balaban J connectivity index is 2.09. The van der Waals surface area contributed by atoms with Gasteiger partial charge in [0, 0.05) is 18.7 Å². The average molecular weight is 331 g/mol. The fraction of sp³-hybridized carbons (Fsp3) is 0.250. The number of hydrogen-bond donors (Lipinski definition) is 0. The molecule has 1 aromatic carbocycles. The molecule has 0 fully saturated rings. The zero-order valence-corrected chi connectivity index (χ0v) is 13.8. The third-order valence-electron chi connectivity index (χ3n) is 3.93. The molecule has 1 aromatic heterocycles. The lowest BCUT2D eigenvalue weighted by molar-refractivity contribution is -0.647. The minimum Gasteiger partial charge on any atom is -0.465 e. The number of rotatable bonds is 3. The topological polar surface area (TPSA) is 67.6 Å². The number of aromatic nitrogens is 1. The Hall–Kier alpha value is -2.54. The number of benzene rings is 1. The zero-order chi connectivity index (χ0) is 16.7. The van der Waals surface area contributed by atoms with Crippen molar-refractivity contribution in [2.75, 3.05) is 14.2 Å². The molecule has 0 saturated carbocycles. The van der Waals surface area contributed by atoms with Gasteiger partial charge < -0.3 is 4.74 Å². The van der Waals surface area contributed by atoms with Crippen molar-refractivity contribution in [2.24, 2.45) is 7.05 Å². The molecule has 2 heterocycles. The number of carbonyl (C=O) groups is 3. The van der Waals surface area contributed by atoms with Crippen LogP contribution in [0.5, 0.6) is 0 Å². The maximum Gasteiger partial charge on any atom is 0.344 e. The summed E-state index contributed by atoms with van der Waals surface area (Å²) in [6, 6.07) is 7.86. The number of aryl methyl sites for hydroxylation is 1. The first kappa shape index (κ1) is 15.4. The number of methoxy groups -OCH3 is 1. The van der Waals surface area contributed by atoms with Gasteiger partial charge in [-0.15, -0.1) is 0 Å². The molecule has 3 rings (SSSR count). The van der Waals surface area contributed by atoms with Crippen LogP contribution in [-0.2, 0) is 32.6 Å². The molecular formula is C16H15N2O4S+. The predicted octanol–water partition coefficient (Wildman–Crippen LogP) is 0.736. The summed E-state index contributed by atoms with van der Waals surface area (Å²) >= 11 is 1.53. The maximum atomic E-state index is 12.3. The van der Waals surface area contributed by atoms with Gasteiger partial charge in [-0.25, -0.2) is 4.79 Å². The summed E-state index contributed by atoms with van der Waals surface area (Å²) < 4.78 is 7.71. The van der Waals surface area contributed by atoms with Crippen molar-refractivity contribution in [1.29, 1.82) is 0 Å². The van der Waals surface area contributed by atoms with Gasteiger partial charge in [-0.1, -0.05) is 23.5 Å². The Labute approximate surface area is 136 Å². The Morgan fingerprint density at radius 3 is 2.61 bits per heavy atom. The lowest BCUT2D eigenvalue weighted by Gasteiger charge is -2.05. The van der Waals surface area contributed by atoms with Gasteiger partial charge in [0.05, 0.1) is 13.5 Å². The molecule has 6 nitrogen and oxygen atoms in total. The van der Waals surface area contributed by atoms with Crippen molar-refractivity contribution >= 4 is 39.3 Å². The van der Waals surface area contributed by atoms with Crippen LogP contribution in [0.2, 0.25) is 0 Å². The van der Waals surface area contributed by atoms with Crippen molar-refractivity contribution in [3.63, 3.8) is 0 Å². The number of imide groups is 1. The van der Waals surface area contributed by atoms with E-state index in [0.717, 1.165) is 20.1 Å². The fourth-order valence-corrected chi connectivity index (χ4v) is 3.79. The van der Waals surface area contributed by atoms with Gasteiger partial charge in [0.1, 0.15) is 17.3 Å². The van der Waals surface area contributed by atoms with Crippen molar-refractivity contribution in [1.82, 2.24) is 4.90 Å². The number of amides is 2. The van der Waals surface area contributed by atoms with E-state index in [1.54, 1.807) is 0 Å². The highest BCUT2D eigenvalue weighted by Gasteiger charge is 2.41. The van der Waals surface area contributed by atoms with Crippen LogP contribution in [-0.4, -0.2) is 36.8 Å². The van der Waals surface area contributed by atoms with E-state index in [9.17, 15) is 14.4 Å². The Bertz CT molecular complexity index is 881. The molecule has 0 aliphatic carbocycles. The highest BCUT2D eigenvalue weighted by molar-refractivity contribution is 7.18. The quantitative estimate of drug-likeness (QED) is 0.360. The fourth-order valence-electron chi connectivity index (χ4n) is 2.63. The van der Waals surface area contributed by atoms with E-state index in [-0.39, 0.29) is 17.6 Å². The molecule has 0 unspecified atom stereocenters. The summed E-state index contributed by atoms with van der Waals surface area (Å²) in [4.78, 5) is 37.3. The summed E-state index contributed by atoms with van der Waals surface area (Å²) in [5.41, 5.74) is 1.06. The first-order valence-electron chi connectivity index (χ1n) is 6.96. The number of likely N-dealkylation sites (N-methyl/N-ethyl adjacent to an activating group) is 1. The second kappa shape index (κ2) is 5.58. The third kappa shape index (κ3) is 2.33. The summed E-state index contributed by atoms with van der Waals surface area (Å²) in [5.74, 6) is -1.83. The molecular weight excluding hydrogens is 316 g/mol. The third-order valence-corrected chi connectivity index (χ3v) is 5.15. The molecule has 2 amide bonds. The first-order chi connectivity index (χ1) is 11.0. The predicted molar refractivity (Wildman–Crippen MR) is 83.5 cm³/mol. The Morgan fingerprint density at radius 2 is 1.96 bits per heavy atom. The molecule has 0 radical (unpaired) electrons. The Morgan fingerprint density at radius 1 is 1.26 bits per heavy atom. The van der Waals surface area contributed by atoms with Crippen LogP contribution in [0.1, 0.15) is 5.01 Å². The van der Waals surface area contributed by atoms with Crippen LogP contribution in [0, 0.1) is 0 Å². The minimum atomic E-state index is -0.772. The van der Waals surface area contributed by atoms with Crippen LogP contribution >= 0.6 is 11.3 Å². The van der Waals surface area contributed by atoms with E-state index in [1.807, 2.05) is 35.9 Å². The maximum absolute atomic E-state index is 12.3. The number of hydrogen-bond acceptors (Lipinski definition) is 5. The monoisotopic (exact) mass is 331 g/mol. The average Bonchev–Trinajstić information content (AvgIpc) is 2.98. The van der Waals surface area contributed by atoms with Crippen molar-refractivity contribution in [3.8, 4) is 0 Å². The van der Waals surface area contributed by atoms with Gasteiger partial charge in [0.15, 0.2) is 0 Å². The zero-order valence-electron chi connectivity index (χ0n) is 13.0. The van der Waals surface area contributed by atoms with E-state index in [1.165, 1.54) is 25.5 Å². The number of fused-ring (bicyclic) bond motifs is 1. The highest BCUT2D eigenvalue weighted by Crippen LogP contribution is 2.27. The molecule has 0 atom stereocenters. The molecule has 118 valence electrons. The SMILES string of the molecule is COC(=O)C1=C(Cc2sc3ccccc3[n+]2C)C(=O)N(C)C1=O. The van der Waals surface area contributed by atoms with E-state index in [0.29, 0.717) is 0 Å². The number of carbonyl (C=O) groups excluding carboxylic acids is 3. The van der Waals surface area contributed by atoms with Crippen molar-refractivity contribution < 1.29 is 23.7 Å². The van der Waals surface area contributed by atoms with Crippen LogP contribution in [0.4, 0.5) is 0 Å². The van der Waals surface area contributed by atoms with Gasteiger partial charge in [-0.3, -0.25) is 14.5 Å². The largest absolute Gasteiger partial charge is 0.465 e. The van der Waals surface area contributed by atoms with Crippen molar-refractivity contribution in [2.45, 2.75) is 6.42 Å². The second-order valence-electron chi connectivity index (χ2n) is 5.21. The van der Waals surface area contributed by atoms with Crippen LogP contribution in [0.3, 0.4) is 0 Å². The van der Waals surface area contributed by atoms with Crippen LogP contribution in [0.15, 0.2) is 35.4 Å². The lowest BCUT2D eigenvalue weighted by atomic mass is 10.1. The Kier molecular flexibility index (Phi) is 3.73. The normalized spacial score (nSPS) is 15.0. The second-order valence-corrected chi connectivity index (χ2v) is 6.33. The molecule has 0 saturated heterocycles. The van der Waals surface area contributed by atoms with E-state index in [4.69, 9.17) is 0 Å². The van der Waals surface area contributed by atoms with Gasteiger partial charge >= 0.3 is 5.97 Å². The van der Waals surface area contributed by atoms with E-state index >= 15 is 0 Å². The molecule has 23 heavy (non-hydrogen) atoms. The van der Waals surface area contributed by atoms with Crippen LogP contribution < -0.4 is 4.57 Å². The number of para-hydroxylation sites is 1. The van der Waals surface area contributed by atoms with Gasteiger partial charge in [-0.2, -0.15) is 4.57 Å². The first-order valence-corrected chi connectivity index (χ1v) is 7.77. The van der Waals surface area contributed by atoms with Gasteiger partial charge in [0.2, 0.25) is 10.5 Å². The lowest BCUT2D eigenvalue weighted by Crippen LogP contribution is -2.32. The number of ether oxygens (including phenoxy) is 1. The minimum absolute atomic E-state index is 0.169. The molecule has 1 aliphatic rings. The number of nitrogens with zero attached hydrogens (tertiary/aromatic N) is 2. The summed E-state index contributed by atoms with van der Waals surface area (Å²) in [6.45, 7) is 0. The van der Waals surface area contributed by atoms with E-state index < -0.39 is 17.8 Å². The number of thiazole rings is 1. The summed E-state index contributed by atoms with van der Waals surface area (Å²) in [5, 5.41) is 0.888. The highest BCUT2D eigenvalue weighted by atomic mass is 32.1. The van der Waals surface area contributed by atoms with Gasteiger partial charge in [0.25, 0.3) is 11.8 Å².